The van der Waals surface area contributed by atoms with E-state index in [2.05, 4.69) is 5.32 Å². The van der Waals surface area contributed by atoms with Gasteiger partial charge in [-0.15, -0.1) is 0 Å². The number of alkyl halides is 3. The molecule has 146 valence electrons. The third-order valence-corrected chi connectivity index (χ3v) is 4.20. The number of nitrogens with one attached hydrogen (secondary N) is 1. The lowest BCUT2D eigenvalue weighted by atomic mass is 10.1. The summed E-state index contributed by atoms with van der Waals surface area (Å²) in [6.07, 6.45) is -3.46. The maximum atomic E-state index is 13.0. The van der Waals surface area contributed by atoms with Crippen molar-refractivity contribution < 1.29 is 27.8 Å². The molecule has 2 rings (SSSR count). The molecular weight excluding hydrogens is 351 g/mol. The van der Waals surface area contributed by atoms with Crippen molar-refractivity contribution in [2.24, 2.45) is 0 Å². The Labute approximate surface area is 150 Å². The Morgan fingerprint density at radius 2 is 2.04 bits per heavy atom. The van der Waals surface area contributed by atoms with Crippen LogP contribution in [0, 0.1) is 0 Å². The number of hydrogen-bond donors (Lipinski definition) is 2. The number of aliphatic hydroxyl groups excluding tert-OH is 1. The van der Waals surface area contributed by atoms with Crippen molar-refractivity contribution >= 4 is 17.4 Å². The quantitative estimate of drug-likeness (QED) is 0.803. The molecular formula is C17H24F3N3O3. The fourth-order valence-corrected chi connectivity index (χ4v) is 2.90. The van der Waals surface area contributed by atoms with E-state index in [-0.39, 0.29) is 18.8 Å². The second-order valence-electron chi connectivity index (χ2n) is 6.34. The van der Waals surface area contributed by atoms with Crippen molar-refractivity contribution in [2.45, 2.75) is 25.1 Å². The molecule has 6 nitrogen and oxygen atoms in total. The largest absolute Gasteiger partial charge is 0.416 e. The van der Waals surface area contributed by atoms with E-state index in [0.29, 0.717) is 5.69 Å². The Balaban J connectivity index is 2.20. The first kappa shape index (κ1) is 20.3. The number of hydrogen-bond acceptors (Lipinski definition) is 4. The second-order valence-corrected chi connectivity index (χ2v) is 6.34. The normalized spacial score (nSPS) is 15.8. The van der Waals surface area contributed by atoms with Gasteiger partial charge in [-0.05, 0) is 31.0 Å². The SMILES string of the molecule is COCC(O)CN(C)C(=O)Nc1cc(C(F)(F)F)ccc1N1CCCC1. The molecule has 1 aromatic rings. The number of carbonyl (C=O) groups is 1. The number of ether oxygens (including phenoxy) is 1. The van der Waals surface area contributed by atoms with E-state index in [1.165, 1.54) is 25.1 Å². The van der Waals surface area contributed by atoms with Gasteiger partial charge >= 0.3 is 12.2 Å². The van der Waals surface area contributed by atoms with Crippen LogP contribution >= 0.6 is 0 Å². The molecule has 1 saturated heterocycles. The van der Waals surface area contributed by atoms with Gasteiger partial charge in [-0.25, -0.2) is 4.79 Å². The first-order chi connectivity index (χ1) is 12.2. The van der Waals surface area contributed by atoms with Gasteiger partial charge in [0.1, 0.15) is 0 Å². The number of urea groups is 1. The number of halogens is 3. The van der Waals surface area contributed by atoms with Gasteiger partial charge in [-0.1, -0.05) is 0 Å². The predicted octanol–water partition coefficient (Wildman–Crippen LogP) is 2.78. The Hall–Kier alpha value is -2.00. The average Bonchev–Trinajstić information content (AvgIpc) is 3.08. The highest BCUT2D eigenvalue weighted by atomic mass is 19.4. The van der Waals surface area contributed by atoms with Crippen molar-refractivity contribution in [1.29, 1.82) is 0 Å². The number of carbonyl (C=O) groups excluding carboxylic acids is 1. The van der Waals surface area contributed by atoms with Gasteiger partial charge in [-0.2, -0.15) is 13.2 Å². The van der Waals surface area contributed by atoms with E-state index >= 15 is 0 Å². The highest BCUT2D eigenvalue weighted by molar-refractivity contribution is 5.93. The molecule has 1 heterocycles. The van der Waals surface area contributed by atoms with E-state index in [9.17, 15) is 23.1 Å². The summed E-state index contributed by atoms with van der Waals surface area (Å²) in [5.41, 5.74) is -0.146. The molecule has 1 unspecified atom stereocenters. The number of amides is 2. The number of benzene rings is 1. The maximum Gasteiger partial charge on any atom is 0.416 e. The van der Waals surface area contributed by atoms with Gasteiger partial charge in [0.15, 0.2) is 0 Å². The third-order valence-electron chi connectivity index (χ3n) is 4.20. The zero-order chi connectivity index (χ0) is 19.3. The van der Waals surface area contributed by atoms with E-state index in [1.54, 1.807) is 0 Å². The van der Waals surface area contributed by atoms with Gasteiger partial charge < -0.3 is 25.0 Å². The lowest BCUT2D eigenvalue weighted by Gasteiger charge is -2.25. The number of methoxy groups -OCH3 is 1. The van der Waals surface area contributed by atoms with E-state index in [0.717, 1.165) is 38.1 Å². The van der Waals surface area contributed by atoms with Crippen LogP contribution in [0.15, 0.2) is 18.2 Å². The molecule has 0 aliphatic carbocycles. The first-order valence-electron chi connectivity index (χ1n) is 8.37. The molecule has 1 aliphatic heterocycles. The number of anilines is 2. The predicted molar refractivity (Wildman–Crippen MR) is 92.4 cm³/mol. The molecule has 0 radical (unpaired) electrons. The fourth-order valence-electron chi connectivity index (χ4n) is 2.90. The standard InChI is InChI=1S/C17H24F3N3O3/c1-22(10-13(24)11-26-2)16(25)21-14-9-12(17(18,19)20)5-6-15(14)23-7-3-4-8-23/h5-6,9,13,24H,3-4,7-8,10-11H2,1-2H3,(H,21,25). The monoisotopic (exact) mass is 375 g/mol. The number of rotatable bonds is 6. The zero-order valence-electron chi connectivity index (χ0n) is 14.8. The van der Waals surface area contributed by atoms with Crippen molar-refractivity contribution in [1.82, 2.24) is 4.90 Å². The van der Waals surface area contributed by atoms with Crippen molar-refractivity contribution in [3.05, 3.63) is 23.8 Å². The smallest absolute Gasteiger partial charge is 0.389 e. The molecule has 1 aromatic carbocycles. The fraction of sp³-hybridized carbons (Fsp3) is 0.588. The minimum absolute atomic E-state index is 0.00230. The number of nitrogens with zero attached hydrogens (tertiary/aromatic N) is 2. The van der Waals surface area contributed by atoms with Gasteiger partial charge in [0.2, 0.25) is 0 Å². The van der Waals surface area contributed by atoms with Crippen LogP contribution in [0.4, 0.5) is 29.3 Å². The van der Waals surface area contributed by atoms with Crippen LogP contribution < -0.4 is 10.2 Å². The Morgan fingerprint density at radius 3 is 2.62 bits per heavy atom. The summed E-state index contributed by atoms with van der Waals surface area (Å²) in [5, 5.41) is 12.2. The molecule has 2 N–H and O–H groups in total. The molecule has 0 bridgehead atoms. The zero-order valence-corrected chi connectivity index (χ0v) is 14.8. The van der Waals surface area contributed by atoms with Crippen LogP contribution in [0.1, 0.15) is 18.4 Å². The minimum atomic E-state index is -4.50. The van der Waals surface area contributed by atoms with Crippen molar-refractivity contribution in [2.75, 3.05) is 50.6 Å². The maximum absolute atomic E-state index is 13.0. The van der Waals surface area contributed by atoms with E-state index in [1.807, 2.05) is 4.90 Å². The van der Waals surface area contributed by atoms with Crippen LogP contribution in [0.25, 0.3) is 0 Å². The van der Waals surface area contributed by atoms with Crippen LogP contribution in [-0.2, 0) is 10.9 Å². The summed E-state index contributed by atoms with van der Waals surface area (Å²) in [4.78, 5) is 15.5. The summed E-state index contributed by atoms with van der Waals surface area (Å²) in [6.45, 7) is 1.52. The average molecular weight is 375 g/mol. The molecule has 0 aromatic heterocycles. The first-order valence-corrected chi connectivity index (χ1v) is 8.37. The summed E-state index contributed by atoms with van der Waals surface area (Å²) in [6, 6.07) is 2.77. The molecule has 9 heteroatoms. The van der Waals surface area contributed by atoms with E-state index < -0.39 is 23.9 Å². The Morgan fingerprint density at radius 1 is 1.38 bits per heavy atom. The summed E-state index contributed by atoms with van der Waals surface area (Å²) in [7, 11) is 2.88. The highest BCUT2D eigenvalue weighted by Gasteiger charge is 2.32. The summed E-state index contributed by atoms with van der Waals surface area (Å²) >= 11 is 0. The molecule has 2 amide bonds. The highest BCUT2D eigenvalue weighted by Crippen LogP contribution is 2.36. The van der Waals surface area contributed by atoms with E-state index in [4.69, 9.17) is 4.74 Å². The van der Waals surface area contributed by atoms with Crippen LogP contribution in [-0.4, -0.2) is 62.5 Å². The van der Waals surface area contributed by atoms with Crippen molar-refractivity contribution in [3.8, 4) is 0 Å². The molecule has 0 spiro atoms. The number of aliphatic hydroxyl groups is 1. The van der Waals surface area contributed by atoms with Gasteiger partial charge in [0, 0.05) is 27.2 Å². The Bertz CT molecular complexity index is 619. The lowest BCUT2D eigenvalue weighted by Crippen LogP contribution is -2.39. The lowest BCUT2D eigenvalue weighted by molar-refractivity contribution is -0.137. The summed E-state index contributed by atoms with van der Waals surface area (Å²) in [5.74, 6) is 0. The summed E-state index contributed by atoms with van der Waals surface area (Å²) < 4.78 is 43.9. The van der Waals surface area contributed by atoms with Crippen LogP contribution in [0.5, 0.6) is 0 Å². The number of likely N-dealkylation sites (N-methyl/N-ethyl adjacent to an activating group) is 1. The van der Waals surface area contributed by atoms with Gasteiger partial charge in [0.25, 0.3) is 0 Å². The minimum Gasteiger partial charge on any atom is -0.389 e. The third kappa shape index (κ3) is 5.25. The van der Waals surface area contributed by atoms with Crippen LogP contribution in [0.3, 0.4) is 0 Å². The van der Waals surface area contributed by atoms with Gasteiger partial charge in [0.05, 0.1) is 36.2 Å². The molecule has 1 aliphatic rings. The van der Waals surface area contributed by atoms with Crippen LogP contribution in [0.2, 0.25) is 0 Å². The Kier molecular flexibility index (Phi) is 6.71. The molecule has 1 atom stereocenters. The van der Waals surface area contributed by atoms with Gasteiger partial charge in [-0.3, -0.25) is 0 Å². The topological polar surface area (TPSA) is 65.0 Å². The van der Waals surface area contributed by atoms with Crippen molar-refractivity contribution in [3.63, 3.8) is 0 Å². The molecule has 0 saturated carbocycles. The second kappa shape index (κ2) is 8.59. The molecule has 1 fully saturated rings. The molecule has 26 heavy (non-hydrogen) atoms.